The fourth-order valence-electron chi connectivity index (χ4n) is 2.10. The normalized spacial score (nSPS) is 11.4. The lowest BCUT2D eigenvalue weighted by atomic mass is 10.0. The number of aryl methyl sites for hydroxylation is 1. The quantitative estimate of drug-likeness (QED) is 0.638. The summed E-state index contributed by atoms with van der Waals surface area (Å²) in [7, 11) is 0. The largest absolute Gasteiger partial charge is 0.461 e. The van der Waals surface area contributed by atoms with Gasteiger partial charge >= 0.3 is 5.97 Å². The smallest absolute Gasteiger partial charge is 0.302 e. The molecule has 110 valence electrons. The Kier molecular flexibility index (Phi) is 7.71. The Morgan fingerprint density at radius 1 is 1.15 bits per heavy atom. The highest BCUT2D eigenvalue weighted by Gasteiger charge is 2.01. The summed E-state index contributed by atoms with van der Waals surface area (Å²) in [5.74, 6) is -0.220. The van der Waals surface area contributed by atoms with E-state index < -0.39 is 0 Å². The van der Waals surface area contributed by atoms with Gasteiger partial charge in [-0.25, -0.2) is 0 Å². The van der Waals surface area contributed by atoms with E-state index in [0.717, 1.165) is 19.3 Å². The lowest BCUT2D eigenvalue weighted by molar-refractivity contribution is -0.140. The number of esters is 1. The van der Waals surface area contributed by atoms with Gasteiger partial charge < -0.3 is 4.74 Å². The molecule has 0 amide bonds. The Labute approximate surface area is 122 Å². The fraction of sp³-hybridized carbons (Fsp3) is 0.500. The molecule has 0 aromatic heterocycles. The lowest BCUT2D eigenvalue weighted by Crippen LogP contribution is -2.03. The molecule has 0 aliphatic carbocycles. The van der Waals surface area contributed by atoms with Crippen molar-refractivity contribution in [2.24, 2.45) is 0 Å². The van der Waals surface area contributed by atoms with E-state index in [9.17, 15) is 4.79 Å². The molecule has 0 aliphatic rings. The molecule has 0 bridgehead atoms. The minimum atomic E-state index is -0.220. The number of rotatable bonds is 8. The van der Waals surface area contributed by atoms with E-state index in [0.29, 0.717) is 6.61 Å². The van der Waals surface area contributed by atoms with Gasteiger partial charge in [0.2, 0.25) is 0 Å². The summed E-state index contributed by atoms with van der Waals surface area (Å²) in [5, 5.41) is 0. The monoisotopic (exact) mass is 274 g/mol. The average Bonchev–Trinajstić information content (AvgIpc) is 2.44. The van der Waals surface area contributed by atoms with Crippen molar-refractivity contribution >= 4 is 12.0 Å². The van der Waals surface area contributed by atoms with Crippen molar-refractivity contribution in [2.45, 2.75) is 52.9 Å². The minimum Gasteiger partial charge on any atom is -0.461 e. The molecule has 0 atom stereocenters. The first-order valence-electron chi connectivity index (χ1n) is 7.57. The van der Waals surface area contributed by atoms with Gasteiger partial charge in [-0.15, -0.1) is 0 Å². The van der Waals surface area contributed by atoms with Crippen LogP contribution in [0.1, 0.15) is 57.6 Å². The number of hydrogen-bond donors (Lipinski definition) is 0. The van der Waals surface area contributed by atoms with Crippen LogP contribution in [0.25, 0.3) is 6.08 Å². The van der Waals surface area contributed by atoms with Crippen molar-refractivity contribution in [3.63, 3.8) is 0 Å². The van der Waals surface area contributed by atoms with Crippen LogP contribution in [-0.4, -0.2) is 12.6 Å². The summed E-state index contributed by atoms with van der Waals surface area (Å²) in [6, 6.07) is 8.68. The first kappa shape index (κ1) is 16.5. The van der Waals surface area contributed by atoms with Gasteiger partial charge in [0.25, 0.3) is 0 Å². The lowest BCUT2D eigenvalue weighted by Gasteiger charge is -2.07. The van der Waals surface area contributed by atoms with E-state index in [2.05, 4.69) is 44.2 Å². The van der Waals surface area contributed by atoms with E-state index in [1.807, 2.05) is 0 Å². The zero-order chi connectivity index (χ0) is 14.8. The van der Waals surface area contributed by atoms with E-state index in [1.165, 1.54) is 36.5 Å². The third-order valence-corrected chi connectivity index (χ3v) is 3.20. The Morgan fingerprint density at radius 2 is 1.85 bits per heavy atom. The second-order valence-electron chi connectivity index (χ2n) is 5.18. The van der Waals surface area contributed by atoms with Gasteiger partial charge in [-0.2, -0.15) is 0 Å². The van der Waals surface area contributed by atoms with Gasteiger partial charge in [0.15, 0.2) is 0 Å². The number of ether oxygens (including phenoxy) is 1. The molecule has 2 nitrogen and oxygen atoms in total. The topological polar surface area (TPSA) is 26.3 Å². The maximum Gasteiger partial charge on any atom is 0.302 e. The Balaban J connectivity index is 2.69. The van der Waals surface area contributed by atoms with Gasteiger partial charge in [-0.05, 0) is 36.0 Å². The molecular weight excluding hydrogens is 248 g/mol. The van der Waals surface area contributed by atoms with Crippen molar-refractivity contribution < 1.29 is 9.53 Å². The van der Waals surface area contributed by atoms with Crippen LogP contribution < -0.4 is 0 Å². The van der Waals surface area contributed by atoms with Crippen LogP contribution in [0.4, 0.5) is 0 Å². The highest BCUT2D eigenvalue weighted by Crippen LogP contribution is 2.14. The molecule has 0 unspecified atom stereocenters. The summed E-state index contributed by atoms with van der Waals surface area (Å²) in [4.78, 5) is 10.9. The van der Waals surface area contributed by atoms with Crippen molar-refractivity contribution in [2.75, 3.05) is 6.61 Å². The van der Waals surface area contributed by atoms with Gasteiger partial charge in [-0.1, -0.05) is 57.0 Å². The third kappa shape index (κ3) is 6.55. The molecule has 0 aliphatic heterocycles. The van der Waals surface area contributed by atoms with Crippen molar-refractivity contribution in [1.82, 2.24) is 0 Å². The average molecular weight is 274 g/mol. The predicted octanol–water partition coefficient (Wildman–Crippen LogP) is 4.78. The van der Waals surface area contributed by atoms with Crippen molar-refractivity contribution in [3.05, 3.63) is 41.0 Å². The van der Waals surface area contributed by atoms with E-state index in [-0.39, 0.29) is 5.97 Å². The summed E-state index contributed by atoms with van der Waals surface area (Å²) in [5.41, 5.74) is 3.74. The Bertz CT molecular complexity index is 429. The van der Waals surface area contributed by atoms with E-state index in [4.69, 9.17) is 4.74 Å². The van der Waals surface area contributed by atoms with Crippen LogP contribution in [0, 0.1) is 0 Å². The first-order chi connectivity index (χ1) is 9.65. The molecule has 20 heavy (non-hydrogen) atoms. The van der Waals surface area contributed by atoms with Gasteiger partial charge in [0, 0.05) is 6.92 Å². The van der Waals surface area contributed by atoms with Crippen molar-refractivity contribution in [3.8, 4) is 0 Å². The molecule has 0 N–H and O–H groups in total. The Morgan fingerprint density at radius 3 is 2.40 bits per heavy atom. The molecule has 0 saturated carbocycles. The summed E-state index contributed by atoms with van der Waals surface area (Å²) >= 11 is 0. The molecular formula is C18H26O2. The molecule has 1 aromatic rings. The first-order valence-corrected chi connectivity index (χ1v) is 7.57. The number of unbranched alkanes of at least 4 members (excludes halogenated alkanes) is 1. The number of carbonyl (C=O) groups is 1. The van der Waals surface area contributed by atoms with Gasteiger partial charge in [0.05, 0.1) is 0 Å². The van der Waals surface area contributed by atoms with Gasteiger partial charge in [0.1, 0.15) is 6.61 Å². The Hall–Kier alpha value is -1.57. The van der Waals surface area contributed by atoms with E-state index in [1.54, 1.807) is 0 Å². The molecule has 1 rings (SSSR count). The maximum atomic E-state index is 10.9. The van der Waals surface area contributed by atoms with Crippen LogP contribution in [0.15, 0.2) is 29.8 Å². The van der Waals surface area contributed by atoms with Crippen LogP contribution in [-0.2, 0) is 16.0 Å². The molecule has 2 heteroatoms. The third-order valence-electron chi connectivity index (χ3n) is 3.20. The highest BCUT2D eigenvalue weighted by atomic mass is 16.5. The number of hydrogen-bond acceptors (Lipinski definition) is 2. The summed E-state index contributed by atoms with van der Waals surface area (Å²) in [6.07, 6.45) is 7.77. The summed E-state index contributed by atoms with van der Waals surface area (Å²) < 4.78 is 5.10. The highest BCUT2D eigenvalue weighted by molar-refractivity contribution is 5.66. The second-order valence-corrected chi connectivity index (χ2v) is 5.18. The molecule has 0 fully saturated rings. The van der Waals surface area contributed by atoms with Crippen LogP contribution in [0.5, 0.6) is 0 Å². The molecule has 0 heterocycles. The van der Waals surface area contributed by atoms with Crippen LogP contribution in [0.2, 0.25) is 0 Å². The predicted molar refractivity (Wildman–Crippen MR) is 84.6 cm³/mol. The minimum absolute atomic E-state index is 0.220. The number of carbonyl (C=O) groups excluding carboxylic acids is 1. The maximum absolute atomic E-state index is 10.9. The fourth-order valence-corrected chi connectivity index (χ4v) is 2.10. The zero-order valence-electron chi connectivity index (χ0n) is 12.9. The van der Waals surface area contributed by atoms with Gasteiger partial charge in [-0.3, -0.25) is 4.79 Å². The molecule has 0 radical (unpaired) electrons. The SMILES string of the molecule is CCCCc1ccc(C=C(CCC)COC(C)=O)cc1. The standard InChI is InChI=1S/C18H26O2/c1-4-6-8-16-9-11-17(12-10-16)13-18(7-5-2)14-20-15(3)19/h9-13H,4-8,14H2,1-3H3. The molecule has 1 aromatic carbocycles. The zero-order valence-corrected chi connectivity index (χ0v) is 12.9. The molecule has 0 saturated heterocycles. The van der Waals surface area contributed by atoms with Crippen molar-refractivity contribution in [1.29, 1.82) is 0 Å². The van der Waals surface area contributed by atoms with Crippen LogP contribution >= 0.6 is 0 Å². The second kappa shape index (κ2) is 9.35. The number of benzene rings is 1. The van der Waals surface area contributed by atoms with Crippen LogP contribution in [0.3, 0.4) is 0 Å². The summed E-state index contributed by atoms with van der Waals surface area (Å²) in [6.45, 7) is 6.20. The molecule has 0 spiro atoms. The van der Waals surface area contributed by atoms with E-state index >= 15 is 0 Å².